The standard InChI is InChI=1S/C10H9Br2FO3/c1-15-10(14)9(12)5-16-8-3-6(11)2-7(13)4-8/h2-4,9H,5H2,1H3. The zero-order valence-corrected chi connectivity index (χ0v) is 11.5. The van der Waals surface area contributed by atoms with Crippen LogP contribution in [0.3, 0.4) is 0 Å². The van der Waals surface area contributed by atoms with Crippen molar-refractivity contribution >= 4 is 37.8 Å². The lowest BCUT2D eigenvalue weighted by Crippen LogP contribution is -2.22. The second kappa shape index (κ2) is 6.20. The second-order valence-corrected chi connectivity index (χ2v) is 4.93. The molecule has 0 radical (unpaired) electrons. The summed E-state index contributed by atoms with van der Waals surface area (Å²) < 4.78 is 23.3. The number of ether oxygens (including phenoxy) is 2. The largest absolute Gasteiger partial charge is 0.492 e. The summed E-state index contributed by atoms with van der Waals surface area (Å²) in [5.41, 5.74) is 0. The van der Waals surface area contributed by atoms with Gasteiger partial charge < -0.3 is 9.47 Å². The Morgan fingerprint density at radius 2 is 2.19 bits per heavy atom. The van der Waals surface area contributed by atoms with Gasteiger partial charge in [0.05, 0.1) is 7.11 Å². The van der Waals surface area contributed by atoms with Crippen molar-refractivity contribution in [1.29, 1.82) is 0 Å². The highest BCUT2D eigenvalue weighted by molar-refractivity contribution is 9.10. The van der Waals surface area contributed by atoms with Crippen molar-refractivity contribution in [3.05, 3.63) is 28.5 Å². The maximum absolute atomic E-state index is 13.0. The van der Waals surface area contributed by atoms with Gasteiger partial charge in [0, 0.05) is 10.5 Å². The molecule has 0 heterocycles. The number of carbonyl (C=O) groups excluding carboxylic acids is 1. The number of hydrogen-bond donors (Lipinski definition) is 0. The molecule has 0 N–H and O–H groups in total. The van der Waals surface area contributed by atoms with Crippen LogP contribution in [0.5, 0.6) is 5.75 Å². The van der Waals surface area contributed by atoms with Crippen molar-refractivity contribution in [3.8, 4) is 5.75 Å². The van der Waals surface area contributed by atoms with Gasteiger partial charge in [-0.25, -0.2) is 4.39 Å². The fourth-order valence-electron chi connectivity index (χ4n) is 0.977. The first kappa shape index (κ1) is 13.4. The van der Waals surface area contributed by atoms with E-state index in [-0.39, 0.29) is 6.61 Å². The van der Waals surface area contributed by atoms with Gasteiger partial charge in [-0.1, -0.05) is 31.9 Å². The summed E-state index contributed by atoms with van der Waals surface area (Å²) >= 11 is 6.23. The summed E-state index contributed by atoms with van der Waals surface area (Å²) in [6, 6.07) is 4.17. The quantitative estimate of drug-likeness (QED) is 0.615. The minimum Gasteiger partial charge on any atom is -0.492 e. The Labute approximate surface area is 109 Å². The van der Waals surface area contributed by atoms with E-state index in [0.717, 1.165) is 0 Å². The fraction of sp³-hybridized carbons (Fsp3) is 0.300. The van der Waals surface area contributed by atoms with E-state index in [0.29, 0.717) is 10.2 Å². The molecule has 1 aromatic rings. The average Bonchev–Trinajstić information content (AvgIpc) is 2.23. The maximum Gasteiger partial charge on any atom is 0.322 e. The molecule has 16 heavy (non-hydrogen) atoms. The van der Waals surface area contributed by atoms with E-state index < -0.39 is 16.6 Å². The predicted molar refractivity (Wildman–Crippen MR) is 64.3 cm³/mol. The van der Waals surface area contributed by atoms with Crippen LogP contribution in [0.15, 0.2) is 22.7 Å². The van der Waals surface area contributed by atoms with Crippen molar-refractivity contribution in [3.63, 3.8) is 0 Å². The van der Waals surface area contributed by atoms with Gasteiger partial charge in [-0.3, -0.25) is 4.79 Å². The van der Waals surface area contributed by atoms with Gasteiger partial charge in [-0.15, -0.1) is 0 Å². The minimum atomic E-state index is -0.570. The molecule has 0 aliphatic carbocycles. The molecule has 1 atom stereocenters. The third-order valence-corrected chi connectivity index (χ3v) is 2.79. The van der Waals surface area contributed by atoms with Crippen LogP contribution in [0.25, 0.3) is 0 Å². The van der Waals surface area contributed by atoms with E-state index in [1.54, 1.807) is 6.07 Å². The third-order valence-electron chi connectivity index (χ3n) is 1.69. The molecule has 0 fully saturated rings. The van der Waals surface area contributed by atoms with E-state index >= 15 is 0 Å². The first-order chi connectivity index (χ1) is 7.52. The fourth-order valence-corrected chi connectivity index (χ4v) is 1.74. The van der Waals surface area contributed by atoms with Crippen molar-refractivity contribution in [2.24, 2.45) is 0 Å². The molecular formula is C10H9Br2FO3. The lowest BCUT2D eigenvalue weighted by Gasteiger charge is -2.10. The Hall–Kier alpha value is -0.620. The van der Waals surface area contributed by atoms with Gasteiger partial charge in [0.15, 0.2) is 0 Å². The summed E-state index contributed by atoms with van der Waals surface area (Å²) in [4.78, 5) is 10.5. The van der Waals surface area contributed by atoms with E-state index in [1.807, 2.05) is 0 Å². The van der Waals surface area contributed by atoms with E-state index in [1.165, 1.54) is 19.2 Å². The second-order valence-electron chi connectivity index (χ2n) is 2.91. The van der Waals surface area contributed by atoms with Crippen LogP contribution in [0, 0.1) is 5.82 Å². The topological polar surface area (TPSA) is 35.5 Å². The number of esters is 1. The van der Waals surface area contributed by atoms with Crippen LogP contribution >= 0.6 is 31.9 Å². The average molecular weight is 356 g/mol. The van der Waals surface area contributed by atoms with E-state index in [9.17, 15) is 9.18 Å². The summed E-state index contributed by atoms with van der Waals surface area (Å²) in [6.07, 6.45) is 0. The van der Waals surface area contributed by atoms with Crippen molar-refractivity contribution < 1.29 is 18.7 Å². The van der Waals surface area contributed by atoms with Gasteiger partial charge in [-0.05, 0) is 12.1 Å². The Morgan fingerprint density at radius 1 is 1.50 bits per heavy atom. The van der Waals surface area contributed by atoms with Crippen molar-refractivity contribution in [2.75, 3.05) is 13.7 Å². The van der Waals surface area contributed by atoms with Crippen LogP contribution in [-0.2, 0) is 9.53 Å². The number of carbonyl (C=O) groups is 1. The van der Waals surface area contributed by atoms with Crippen LogP contribution in [0.2, 0.25) is 0 Å². The molecule has 0 spiro atoms. The van der Waals surface area contributed by atoms with Crippen LogP contribution < -0.4 is 4.74 Å². The van der Waals surface area contributed by atoms with Crippen molar-refractivity contribution in [2.45, 2.75) is 4.83 Å². The molecule has 1 aromatic carbocycles. The smallest absolute Gasteiger partial charge is 0.322 e. The molecule has 1 rings (SSSR count). The number of benzene rings is 1. The molecule has 0 saturated carbocycles. The monoisotopic (exact) mass is 354 g/mol. The molecule has 0 saturated heterocycles. The molecular weight excluding hydrogens is 347 g/mol. The number of rotatable bonds is 4. The molecule has 0 bridgehead atoms. The zero-order valence-electron chi connectivity index (χ0n) is 8.38. The highest BCUT2D eigenvalue weighted by Gasteiger charge is 2.16. The summed E-state index contributed by atoms with van der Waals surface area (Å²) in [5, 5.41) is 0. The Morgan fingerprint density at radius 3 is 2.75 bits per heavy atom. The molecule has 0 aliphatic heterocycles. The van der Waals surface area contributed by atoms with Crippen LogP contribution in [0.1, 0.15) is 0 Å². The van der Waals surface area contributed by atoms with E-state index in [4.69, 9.17) is 4.74 Å². The van der Waals surface area contributed by atoms with E-state index in [2.05, 4.69) is 36.6 Å². The molecule has 88 valence electrons. The Balaban J connectivity index is 2.57. The van der Waals surface area contributed by atoms with Crippen molar-refractivity contribution in [1.82, 2.24) is 0 Å². The predicted octanol–water partition coefficient (Wildman–Crippen LogP) is 2.90. The van der Waals surface area contributed by atoms with Crippen LogP contribution in [0.4, 0.5) is 4.39 Å². The van der Waals surface area contributed by atoms with Gasteiger partial charge in [0.1, 0.15) is 23.0 Å². The molecule has 6 heteroatoms. The molecule has 0 aliphatic rings. The Bertz CT molecular complexity index is 364. The number of alkyl halides is 1. The van der Waals surface area contributed by atoms with Gasteiger partial charge in [-0.2, -0.15) is 0 Å². The first-order valence-corrected chi connectivity index (χ1v) is 6.04. The number of methoxy groups -OCH3 is 1. The highest BCUT2D eigenvalue weighted by Crippen LogP contribution is 2.21. The summed E-state index contributed by atoms with van der Waals surface area (Å²) in [5.74, 6) is -0.496. The number of hydrogen-bond acceptors (Lipinski definition) is 3. The molecule has 0 amide bonds. The zero-order chi connectivity index (χ0) is 12.1. The number of halogens is 3. The summed E-state index contributed by atoms with van der Waals surface area (Å²) in [7, 11) is 1.29. The van der Waals surface area contributed by atoms with Crippen LogP contribution in [-0.4, -0.2) is 24.5 Å². The lowest BCUT2D eigenvalue weighted by molar-refractivity contribution is -0.140. The van der Waals surface area contributed by atoms with Gasteiger partial charge in [0.2, 0.25) is 0 Å². The summed E-state index contributed by atoms with van der Waals surface area (Å²) in [6.45, 7) is 0.0720. The highest BCUT2D eigenvalue weighted by atomic mass is 79.9. The maximum atomic E-state index is 13.0. The molecule has 1 unspecified atom stereocenters. The lowest BCUT2D eigenvalue weighted by atomic mass is 10.3. The SMILES string of the molecule is COC(=O)C(Br)COc1cc(F)cc(Br)c1. The normalized spacial score (nSPS) is 12.0. The molecule has 3 nitrogen and oxygen atoms in total. The van der Waals surface area contributed by atoms with Gasteiger partial charge >= 0.3 is 5.97 Å². The third kappa shape index (κ3) is 4.09. The van der Waals surface area contributed by atoms with Gasteiger partial charge in [0.25, 0.3) is 0 Å². The minimum absolute atomic E-state index is 0.0720. The first-order valence-electron chi connectivity index (χ1n) is 4.33. The molecule has 0 aromatic heterocycles. The Kier molecular flexibility index (Phi) is 5.21.